The molecule has 0 N–H and O–H groups in total. The third kappa shape index (κ3) is 4.64. The van der Waals surface area contributed by atoms with Crippen molar-refractivity contribution in [2.75, 3.05) is 11.4 Å². The molecule has 1 aromatic carbocycles. The molecule has 2 aromatic rings. The van der Waals surface area contributed by atoms with Crippen molar-refractivity contribution in [3.05, 3.63) is 53.9 Å². The van der Waals surface area contributed by atoms with Gasteiger partial charge in [-0.05, 0) is 59.6 Å². The largest absolute Gasteiger partial charge is 0.446 e. The summed E-state index contributed by atoms with van der Waals surface area (Å²) >= 11 is -0.245. The highest BCUT2D eigenvalue weighted by Crippen LogP contribution is 2.37. The first-order chi connectivity index (χ1) is 13.1. The van der Waals surface area contributed by atoms with Gasteiger partial charge in [0.1, 0.15) is 6.54 Å². The Bertz CT molecular complexity index is 885. The molecule has 3 amide bonds. The molecule has 28 heavy (non-hydrogen) atoms. The Morgan fingerprint density at radius 3 is 2.43 bits per heavy atom. The van der Waals surface area contributed by atoms with Gasteiger partial charge in [0.25, 0.3) is 5.91 Å². The Kier molecular flexibility index (Phi) is 5.64. The van der Waals surface area contributed by atoms with Gasteiger partial charge in [-0.25, -0.2) is 9.69 Å². The lowest BCUT2D eigenvalue weighted by Crippen LogP contribution is -2.32. The predicted molar refractivity (Wildman–Crippen MR) is 100.0 cm³/mol. The van der Waals surface area contributed by atoms with Crippen molar-refractivity contribution in [2.45, 2.75) is 36.7 Å². The molecule has 9 heteroatoms. The van der Waals surface area contributed by atoms with E-state index in [1.807, 2.05) is 19.9 Å². The molecule has 0 spiro atoms. The molecule has 5 nitrogen and oxygen atoms in total. The van der Waals surface area contributed by atoms with E-state index in [9.17, 15) is 22.8 Å². The highest BCUT2D eigenvalue weighted by molar-refractivity contribution is 8.00. The maximum atomic E-state index is 12.7. The second-order valence-corrected chi connectivity index (χ2v) is 7.79. The number of halogens is 3. The molecule has 148 valence electrons. The van der Waals surface area contributed by atoms with Crippen molar-refractivity contribution < 1.29 is 22.8 Å². The standard InChI is InChI=1S/C19H18F3N3O2S/c1-12(2)16-9-13(7-8-23-16)10-24-11-17(26)25(18(24)27)14-3-5-15(6-4-14)28-19(20,21)22/h3-9,12H,10-11H2,1-2H3. The molecule has 0 aliphatic carbocycles. The van der Waals surface area contributed by atoms with Crippen LogP contribution in [0.3, 0.4) is 0 Å². The van der Waals surface area contributed by atoms with Crippen molar-refractivity contribution in [3.63, 3.8) is 0 Å². The van der Waals surface area contributed by atoms with E-state index in [0.29, 0.717) is 0 Å². The SMILES string of the molecule is CC(C)c1cc(CN2CC(=O)N(c3ccc(SC(F)(F)F)cc3)C2=O)ccn1. The van der Waals surface area contributed by atoms with Crippen LogP contribution >= 0.6 is 11.8 Å². The van der Waals surface area contributed by atoms with E-state index < -0.39 is 17.4 Å². The monoisotopic (exact) mass is 409 g/mol. The van der Waals surface area contributed by atoms with E-state index in [1.54, 1.807) is 12.3 Å². The van der Waals surface area contributed by atoms with Gasteiger partial charge in [0.2, 0.25) is 0 Å². The minimum Gasteiger partial charge on any atom is -0.310 e. The van der Waals surface area contributed by atoms with Crippen LogP contribution in [0.15, 0.2) is 47.5 Å². The Morgan fingerprint density at radius 1 is 1.14 bits per heavy atom. The number of nitrogens with zero attached hydrogens (tertiary/aromatic N) is 3. The summed E-state index contributed by atoms with van der Waals surface area (Å²) in [5, 5.41) is 0. The second kappa shape index (κ2) is 7.83. The molecule has 0 bridgehead atoms. The van der Waals surface area contributed by atoms with E-state index in [4.69, 9.17) is 0 Å². The number of thioether (sulfide) groups is 1. The third-order valence-corrected chi connectivity index (χ3v) is 4.92. The van der Waals surface area contributed by atoms with E-state index in [2.05, 4.69) is 4.98 Å². The Balaban J connectivity index is 1.74. The number of anilines is 1. The van der Waals surface area contributed by atoms with Crippen molar-refractivity contribution in [1.82, 2.24) is 9.88 Å². The van der Waals surface area contributed by atoms with Gasteiger partial charge in [-0.3, -0.25) is 9.78 Å². The molecule has 1 fully saturated rings. The van der Waals surface area contributed by atoms with E-state index in [1.165, 1.54) is 29.2 Å². The highest BCUT2D eigenvalue weighted by atomic mass is 32.2. The van der Waals surface area contributed by atoms with Crippen LogP contribution in [0.4, 0.5) is 23.7 Å². The Morgan fingerprint density at radius 2 is 1.82 bits per heavy atom. The average molecular weight is 409 g/mol. The quantitative estimate of drug-likeness (QED) is 0.527. The van der Waals surface area contributed by atoms with Gasteiger partial charge in [-0.2, -0.15) is 13.2 Å². The van der Waals surface area contributed by atoms with E-state index in [0.717, 1.165) is 16.2 Å². The van der Waals surface area contributed by atoms with Gasteiger partial charge in [0.15, 0.2) is 0 Å². The molecule has 1 aromatic heterocycles. The van der Waals surface area contributed by atoms with Crippen molar-refractivity contribution in [2.24, 2.45) is 0 Å². The summed E-state index contributed by atoms with van der Waals surface area (Å²) in [6.07, 6.45) is 1.67. The third-order valence-electron chi connectivity index (χ3n) is 4.18. The lowest BCUT2D eigenvalue weighted by molar-refractivity contribution is -0.116. The van der Waals surface area contributed by atoms with Gasteiger partial charge in [0, 0.05) is 23.3 Å². The lowest BCUT2D eigenvalue weighted by Gasteiger charge is -2.18. The lowest BCUT2D eigenvalue weighted by atomic mass is 10.1. The van der Waals surface area contributed by atoms with Crippen LogP contribution < -0.4 is 4.90 Å². The molecule has 0 atom stereocenters. The number of benzene rings is 1. The molecule has 1 aliphatic rings. The number of hydrogen-bond donors (Lipinski definition) is 0. The first-order valence-corrected chi connectivity index (χ1v) is 9.38. The molecule has 1 aliphatic heterocycles. The topological polar surface area (TPSA) is 53.5 Å². The number of hydrogen-bond acceptors (Lipinski definition) is 4. The van der Waals surface area contributed by atoms with Gasteiger partial charge in [-0.1, -0.05) is 13.8 Å². The number of carbonyl (C=O) groups excluding carboxylic acids is 2. The summed E-state index contributed by atoms with van der Waals surface area (Å²) in [4.78, 5) is 31.7. The van der Waals surface area contributed by atoms with Crippen LogP contribution in [0.25, 0.3) is 0 Å². The maximum absolute atomic E-state index is 12.7. The smallest absolute Gasteiger partial charge is 0.310 e. The average Bonchev–Trinajstić information content (AvgIpc) is 2.88. The summed E-state index contributed by atoms with van der Waals surface area (Å²) in [6.45, 7) is 4.20. The number of pyridine rings is 1. The Labute approximate surface area is 164 Å². The van der Waals surface area contributed by atoms with E-state index in [-0.39, 0.29) is 41.4 Å². The number of urea groups is 1. The first kappa shape index (κ1) is 20.2. The van der Waals surface area contributed by atoms with E-state index >= 15 is 0 Å². The summed E-state index contributed by atoms with van der Waals surface area (Å²) in [7, 11) is 0. The minimum absolute atomic E-state index is 0.00907. The van der Waals surface area contributed by atoms with Gasteiger partial charge < -0.3 is 4.90 Å². The molecule has 3 rings (SSSR count). The second-order valence-electron chi connectivity index (χ2n) is 6.65. The molecule has 1 saturated heterocycles. The fourth-order valence-electron chi connectivity index (χ4n) is 2.85. The fourth-order valence-corrected chi connectivity index (χ4v) is 3.39. The van der Waals surface area contributed by atoms with Gasteiger partial charge in [0.05, 0.1) is 5.69 Å². The zero-order valence-corrected chi connectivity index (χ0v) is 16.0. The Hall–Kier alpha value is -2.55. The number of aromatic nitrogens is 1. The normalized spacial score (nSPS) is 15.1. The van der Waals surface area contributed by atoms with Crippen LogP contribution in [-0.4, -0.2) is 33.9 Å². The fraction of sp³-hybridized carbons (Fsp3) is 0.316. The van der Waals surface area contributed by atoms with Crippen molar-refractivity contribution in [1.29, 1.82) is 0 Å². The van der Waals surface area contributed by atoms with Crippen LogP contribution in [0.5, 0.6) is 0 Å². The van der Waals surface area contributed by atoms with Gasteiger partial charge >= 0.3 is 11.5 Å². The zero-order valence-electron chi connectivity index (χ0n) is 15.2. The van der Waals surface area contributed by atoms with Crippen LogP contribution in [0, 0.1) is 0 Å². The summed E-state index contributed by atoms with van der Waals surface area (Å²) in [5.74, 6) is -0.181. The molecular weight excluding hydrogens is 391 g/mol. The van der Waals surface area contributed by atoms with Crippen molar-refractivity contribution in [3.8, 4) is 0 Å². The van der Waals surface area contributed by atoms with Crippen LogP contribution in [-0.2, 0) is 11.3 Å². The van der Waals surface area contributed by atoms with Crippen molar-refractivity contribution >= 4 is 29.4 Å². The number of rotatable bonds is 5. The molecule has 2 heterocycles. The molecule has 0 saturated carbocycles. The number of imide groups is 1. The number of alkyl halides is 3. The summed E-state index contributed by atoms with van der Waals surface area (Å²) < 4.78 is 37.3. The minimum atomic E-state index is -4.39. The molecular formula is C19H18F3N3O2S. The van der Waals surface area contributed by atoms with Gasteiger partial charge in [-0.15, -0.1) is 0 Å². The highest BCUT2D eigenvalue weighted by Gasteiger charge is 2.37. The summed E-state index contributed by atoms with van der Waals surface area (Å²) in [5.41, 5.74) is -2.39. The summed E-state index contributed by atoms with van der Waals surface area (Å²) in [6, 6.07) is 8.36. The number of carbonyl (C=O) groups is 2. The molecule has 0 radical (unpaired) electrons. The first-order valence-electron chi connectivity index (χ1n) is 8.56. The van der Waals surface area contributed by atoms with Crippen LogP contribution in [0.2, 0.25) is 0 Å². The predicted octanol–water partition coefficient (Wildman–Crippen LogP) is 4.79. The van der Waals surface area contributed by atoms with Crippen LogP contribution in [0.1, 0.15) is 31.0 Å². The maximum Gasteiger partial charge on any atom is 0.446 e. The zero-order chi connectivity index (χ0) is 20.5. The molecule has 0 unspecified atom stereocenters. The number of amides is 3.